The zero-order chi connectivity index (χ0) is 17.7. The number of ether oxygens (including phenoxy) is 3. The Hall–Kier alpha value is -1.87. The number of anilines is 1. The SMILES string of the molecule is COC(=O)c1ccc(N2C[C@@H](OC(F)F)C[C@H]2COC(F)F)cc1. The van der Waals surface area contributed by atoms with Crippen molar-refractivity contribution in [1.29, 1.82) is 0 Å². The van der Waals surface area contributed by atoms with Crippen LogP contribution in [0.15, 0.2) is 24.3 Å². The Morgan fingerprint density at radius 3 is 2.42 bits per heavy atom. The standard InChI is InChI=1S/C15H17F4NO4/c1-22-13(21)9-2-4-10(5-3-9)20-7-12(24-15(18)19)6-11(20)8-23-14(16)17/h2-5,11-12,14-15H,6-8H2,1H3/t11-,12-/m0/s1. The van der Waals surface area contributed by atoms with Gasteiger partial charge in [-0.1, -0.05) is 0 Å². The molecule has 134 valence electrons. The molecule has 0 bridgehead atoms. The number of hydrogen-bond acceptors (Lipinski definition) is 5. The van der Waals surface area contributed by atoms with Crippen LogP contribution in [0.3, 0.4) is 0 Å². The molecule has 0 aromatic heterocycles. The summed E-state index contributed by atoms with van der Waals surface area (Å²) in [6.07, 6.45) is -0.660. The largest absolute Gasteiger partial charge is 0.465 e. The van der Waals surface area contributed by atoms with Gasteiger partial charge < -0.3 is 19.1 Å². The van der Waals surface area contributed by atoms with Crippen LogP contribution in [-0.4, -0.2) is 51.6 Å². The minimum atomic E-state index is -2.94. The highest BCUT2D eigenvalue weighted by atomic mass is 19.3. The van der Waals surface area contributed by atoms with Gasteiger partial charge >= 0.3 is 19.2 Å². The van der Waals surface area contributed by atoms with Gasteiger partial charge in [-0.05, 0) is 30.7 Å². The molecule has 1 fully saturated rings. The number of carbonyl (C=O) groups is 1. The van der Waals surface area contributed by atoms with Gasteiger partial charge in [0.1, 0.15) is 0 Å². The molecule has 1 aromatic carbocycles. The summed E-state index contributed by atoms with van der Waals surface area (Å²) in [5, 5.41) is 0. The lowest BCUT2D eigenvalue weighted by Crippen LogP contribution is -2.34. The Labute approximate surface area is 136 Å². The van der Waals surface area contributed by atoms with E-state index in [2.05, 4.69) is 14.2 Å². The Morgan fingerprint density at radius 2 is 1.88 bits per heavy atom. The first kappa shape index (κ1) is 18.5. The van der Waals surface area contributed by atoms with Gasteiger partial charge in [-0.25, -0.2) is 4.79 Å². The number of alkyl halides is 4. The van der Waals surface area contributed by atoms with E-state index in [1.54, 1.807) is 17.0 Å². The summed E-state index contributed by atoms with van der Waals surface area (Å²) in [6.45, 7) is -6.09. The van der Waals surface area contributed by atoms with Crippen LogP contribution in [0, 0.1) is 0 Å². The molecule has 2 atom stereocenters. The molecule has 9 heteroatoms. The van der Waals surface area contributed by atoms with Gasteiger partial charge in [-0.15, -0.1) is 0 Å². The fourth-order valence-electron chi connectivity index (χ4n) is 2.68. The molecule has 5 nitrogen and oxygen atoms in total. The van der Waals surface area contributed by atoms with E-state index in [9.17, 15) is 22.4 Å². The van der Waals surface area contributed by atoms with Crippen LogP contribution >= 0.6 is 0 Å². The van der Waals surface area contributed by atoms with Crippen molar-refractivity contribution in [2.45, 2.75) is 31.8 Å². The number of carbonyl (C=O) groups excluding carboxylic acids is 1. The van der Waals surface area contributed by atoms with Crippen LogP contribution in [0.5, 0.6) is 0 Å². The maximum atomic E-state index is 12.4. The summed E-state index contributed by atoms with van der Waals surface area (Å²) in [7, 11) is 1.25. The number of benzene rings is 1. The average molecular weight is 351 g/mol. The van der Waals surface area contributed by atoms with Gasteiger partial charge in [0.2, 0.25) is 0 Å². The molecule has 1 aliphatic rings. The Kier molecular flexibility index (Phi) is 6.38. The second-order valence-electron chi connectivity index (χ2n) is 5.19. The fourth-order valence-corrected chi connectivity index (χ4v) is 2.68. The molecule has 0 amide bonds. The monoisotopic (exact) mass is 351 g/mol. The van der Waals surface area contributed by atoms with E-state index in [4.69, 9.17) is 0 Å². The first-order valence-electron chi connectivity index (χ1n) is 7.19. The summed E-state index contributed by atoms with van der Waals surface area (Å²) in [4.78, 5) is 13.1. The van der Waals surface area contributed by atoms with E-state index in [0.717, 1.165) is 0 Å². The average Bonchev–Trinajstić information content (AvgIpc) is 2.94. The van der Waals surface area contributed by atoms with Crippen LogP contribution in [0.25, 0.3) is 0 Å². The van der Waals surface area contributed by atoms with Gasteiger partial charge in [-0.2, -0.15) is 17.6 Å². The van der Waals surface area contributed by atoms with Crippen molar-refractivity contribution in [1.82, 2.24) is 0 Å². The topological polar surface area (TPSA) is 48.0 Å². The lowest BCUT2D eigenvalue weighted by Gasteiger charge is -2.26. The van der Waals surface area contributed by atoms with Gasteiger partial charge in [0.05, 0.1) is 31.4 Å². The van der Waals surface area contributed by atoms with Crippen molar-refractivity contribution in [3.63, 3.8) is 0 Å². The molecule has 0 N–H and O–H groups in total. The van der Waals surface area contributed by atoms with Crippen LogP contribution in [0.1, 0.15) is 16.8 Å². The lowest BCUT2D eigenvalue weighted by atomic mass is 10.1. The summed E-state index contributed by atoms with van der Waals surface area (Å²) in [5.41, 5.74) is 0.909. The third kappa shape index (κ3) is 4.81. The van der Waals surface area contributed by atoms with Crippen LogP contribution < -0.4 is 4.90 Å². The van der Waals surface area contributed by atoms with E-state index >= 15 is 0 Å². The van der Waals surface area contributed by atoms with Gasteiger partial charge in [0.15, 0.2) is 0 Å². The third-order valence-electron chi connectivity index (χ3n) is 3.71. The van der Waals surface area contributed by atoms with E-state index in [1.165, 1.54) is 19.2 Å². The lowest BCUT2D eigenvalue weighted by molar-refractivity contribution is -0.159. The number of nitrogens with zero attached hydrogens (tertiary/aromatic N) is 1. The second-order valence-corrected chi connectivity index (χ2v) is 5.19. The predicted octanol–water partition coefficient (Wildman–Crippen LogP) is 2.90. The molecular formula is C15H17F4NO4. The van der Waals surface area contributed by atoms with Crippen molar-refractivity contribution in [3.8, 4) is 0 Å². The van der Waals surface area contributed by atoms with E-state index < -0.39 is 31.3 Å². The molecule has 1 aromatic rings. The highest BCUT2D eigenvalue weighted by Gasteiger charge is 2.35. The van der Waals surface area contributed by atoms with Crippen molar-refractivity contribution < 1.29 is 36.6 Å². The van der Waals surface area contributed by atoms with Gasteiger partial charge in [0, 0.05) is 12.2 Å². The summed E-state index contributed by atoms with van der Waals surface area (Å²) < 4.78 is 62.7. The van der Waals surface area contributed by atoms with Gasteiger partial charge in [0.25, 0.3) is 0 Å². The summed E-state index contributed by atoms with van der Waals surface area (Å²) >= 11 is 0. The smallest absolute Gasteiger partial charge is 0.345 e. The Balaban J connectivity index is 2.12. The molecule has 0 saturated carbocycles. The number of methoxy groups -OCH3 is 1. The third-order valence-corrected chi connectivity index (χ3v) is 3.71. The normalized spacial score (nSPS) is 20.9. The zero-order valence-corrected chi connectivity index (χ0v) is 12.8. The molecule has 2 rings (SSSR count). The maximum absolute atomic E-state index is 12.4. The van der Waals surface area contributed by atoms with E-state index in [-0.39, 0.29) is 19.6 Å². The molecule has 1 heterocycles. The fraction of sp³-hybridized carbons (Fsp3) is 0.533. The van der Waals surface area contributed by atoms with Crippen molar-refractivity contribution >= 4 is 11.7 Å². The molecule has 0 aliphatic carbocycles. The zero-order valence-electron chi connectivity index (χ0n) is 12.8. The molecule has 1 saturated heterocycles. The molecule has 0 radical (unpaired) electrons. The van der Waals surface area contributed by atoms with Crippen LogP contribution in [0.4, 0.5) is 23.2 Å². The van der Waals surface area contributed by atoms with E-state index in [0.29, 0.717) is 11.3 Å². The van der Waals surface area contributed by atoms with Crippen molar-refractivity contribution in [2.75, 3.05) is 25.2 Å². The molecule has 24 heavy (non-hydrogen) atoms. The molecular weight excluding hydrogens is 334 g/mol. The minimum absolute atomic E-state index is 0.110. The quantitative estimate of drug-likeness (QED) is 0.558. The number of rotatable bonds is 7. The minimum Gasteiger partial charge on any atom is -0.465 e. The molecule has 0 unspecified atom stereocenters. The highest BCUT2D eigenvalue weighted by molar-refractivity contribution is 5.89. The predicted molar refractivity (Wildman–Crippen MR) is 76.4 cm³/mol. The van der Waals surface area contributed by atoms with Crippen LogP contribution in [-0.2, 0) is 14.2 Å². The first-order valence-corrected chi connectivity index (χ1v) is 7.19. The number of hydrogen-bond donors (Lipinski definition) is 0. The Bertz CT molecular complexity index is 541. The first-order chi connectivity index (χ1) is 11.4. The van der Waals surface area contributed by atoms with E-state index in [1.807, 2.05) is 0 Å². The van der Waals surface area contributed by atoms with Crippen molar-refractivity contribution in [3.05, 3.63) is 29.8 Å². The Morgan fingerprint density at radius 1 is 1.21 bits per heavy atom. The van der Waals surface area contributed by atoms with Crippen LogP contribution in [0.2, 0.25) is 0 Å². The number of esters is 1. The summed E-state index contributed by atoms with van der Waals surface area (Å²) in [6, 6.07) is 5.66. The summed E-state index contributed by atoms with van der Waals surface area (Å²) in [5.74, 6) is -0.514. The highest BCUT2D eigenvalue weighted by Crippen LogP contribution is 2.29. The van der Waals surface area contributed by atoms with Crippen molar-refractivity contribution in [2.24, 2.45) is 0 Å². The number of halogens is 4. The molecule has 0 spiro atoms. The maximum Gasteiger partial charge on any atom is 0.345 e. The second kappa shape index (κ2) is 8.29. The molecule has 1 aliphatic heterocycles. The van der Waals surface area contributed by atoms with Gasteiger partial charge in [-0.3, -0.25) is 0 Å².